The van der Waals surface area contributed by atoms with E-state index in [0.29, 0.717) is 61.9 Å². The van der Waals surface area contributed by atoms with Gasteiger partial charge in [0.25, 0.3) is 0 Å². The molecule has 3 aromatic rings. The van der Waals surface area contributed by atoms with Crippen LogP contribution in [0.2, 0.25) is 5.15 Å². The van der Waals surface area contributed by atoms with E-state index in [1.165, 1.54) is 28.2 Å². The summed E-state index contributed by atoms with van der Waals surface area (Å²) in [5, 5.41) is 5.89. The molecule has 2 aliphatic rings. The molecule has 0 aliphatic carbocycles. The van der Waals surface area contributed by atoms with Gasteiger partial charge in [0.2, 0.25) is 10.0 Å². The van der Waals surface area contributed by atoms with Gasteiger partial charge in [0.1, 0.15) is 11.0 Å². The van der Waals surface area contributed by atoms with E-state index in [2.05, 4.69) is 20.5 Å². The molecule has 0 bridgehead atoms. The molecule has 14 heteroatoms. The van der Waals surface area contributed by atoms with Crippen molar-refractivity contribution in [3.63, 3.8) is 0 Å². The molecule has 0 radical (unpaired) electrons. The topological polar surface area (TPSA) is 126 Å². The van der Waals surface area contributed by atoms with Gasteiger partial charge in [-0.3, -0.25) is 0 Å². The van der Waals surface area contributed by atoms with Crippen molar-refractivity contribution in [2.75, 3.05) is 74.4 Å². The fourth-order valence-electron chi connectivity index (χ4n) is 4.35. The number of halogens is 1. The SMILES string of the molecule is CSc1c(Cl)nc(-c2ccc(NC(=O)Nc3ccc(S(=O)(=O)N4CCOCC4)cc3)cc2)nc1N1CCOCC1. The summed E-state index contributed by atoms with van der Waals surface area (Å²) in [5.74, 6) is 1.28. The number of aromatic nitrogens is 2. The Bertz CT molecular complexity index is 1450. The number of rotatable bonds is 7. The maximum absolute atomic E-state index is 12.8. The van der Waals surface area contributed by atoms with Crippen molar-refractivity contribution >= 4 is 56.6 Å². The Hall–Kier alpha value is -2.94. The number of nitrogens with zero attached hydrogens (tertiary/aromatic N) is 4. The van der Waals surface area contributed by atoms with Crippen molar-refractivity contribution in [3.8, 4) is 11.4 Å². The highest BCUT2D eigenvalue weighted by atomic mass is 35.5. The fourth-order valence-corrected chi connectivity index (χ4v) is 6.72. The first-order chi connectivity index (χ1) is 19.3. The lowest BCUT2D eigenvalue weighted by molar-refractivity contribution is 0.0730. The van der Waals surface area contributed by atoms with Gasteiger partial charge in [-0.05, 0) is 54.8 Å². The Labute approximate surface area is 242 Å². The molecule has 2 aliphatic heterocycles. The quantitative estimate of drug-likeness (QED) is 0.304. The minimum absolute atomic E-state index is 0.167. The molecule has 212 valence electrons. The summed E-state index contributed by atoms with van der Waals surface area (Å²) in [6.45, 7) is 4.11. The molecule has 0 saturated carbocycles. The molecule has 11 nitrogen and oxygen atoms in total. The van der Waals surface area contributed by atoms with E-state index in [9.17, 15) is 13.2 Å². The summed E-state index contributed by atoms with van der Waals surface area (Å²) in [5.41, 5.74) is 1.78. The Kier molecular flexibility index (Phi) is 9.08. The van der Waals surface area contributed by atoms with Crippen LogP contribution in [0.5, 0.6) is 0 Å². The number of amides is 2. The largest absolute Gasteiger partial charge is 0.379 e. The van der Waals surface area contributed by atoms with Gasteiger partial charge in [-0.15, -0.1) is 11.8 Å². The van der Waals surface area contributed by atoms with Crippen LogP contribution in [0.15, 0.2) is 58.3 Å². The maximum Gasteiger partial charge on any atom is 0.323 e. The van der Waals surface area contributed by atoms with Crippen LogP contribution in [-0.4, -0.2) is 87.6 Å². The van der Waals surface area contributed by atoms with E-state index in [4.69, 9.17) is 26.1 Å². The maximum atomic E-state index is 12.8. The van der Waals surface area contributed by atoms with Crippen LogP contribution in [0.1, 0.15) is 0 Å². The summed E-state index contributed by atoms with van der Waals surface area (Å²) in [6, 6.07) is 12.7. The second-order valence-corrected chi connectivity index (χ2v) is 12.1. The highest BCUT2D eigenvalue weighted by Gasteiger charge is 2.26. The molecule has 0 spiro atoms. The second-order valence-electron chi connectivity index (χ2n) is 8.99. The van der Waals surface area contributed by atoms with Crippen LogP contribution in [-0.2, 0) is 19.5 Å². The third-order valence-electron chi connectivity index (χ3n) is 6.44. The summed E-state index contributed by atoms with van der Waals surface area (Å²) in [6.07, 6.45) is 1.95. The van der Waals surface area contributed by atoms with Gasteiger partial charge >= 0.3 is 6.03 Å². The number of carbonyl (C=O) groups excluding carboxylic acids is 1. The zero-order valence-corrected chi connectivity index (χ0v) is 24.2. The van der Waals surface area contributed by atoms with Crippen molar-refractivity contribution in [1.29, 1.82) is 0 Å². The zero-order chi connectivity index (χ0) is 28.1. The van der Waals surface area contributed by atoms with E-state index in [1.807, 2.05) is 18.4 Å². The van der Waals surface area contributed by atoms with Gasteiger partial charge in [0.15, 0.2) is 5.82 Å². The molecule has 3 heterocycles. The molecule has 2 amide bonds. The second kappa shape index (κ2) is 12.7. The molecular formula is C26H29ClN6O5S2. The Morgan fingerprint density at radius 2 is 1.43 bits per heavy atom. The number of carbonyl (C=O) groups is 1. The first-order valence-corrected chi connectivity index (χ1v) is 15.7. The van der Waals surface area contributed by atoms with Crippen LogP contribution in [0.4, 0.5) is 22.0 Å². The molecule has 1 aromatic heterocycles. The Morgan fingerprint density at radius 3 is 2.00 bits per heavy atom. The van der Waals surface area contributed by atoms with Gasteiger partial charge in [0.05, 0.1) is 36.2 Å². The molecule has 0 unspecified atom stereocenters. The molecule has 5 rings (SSSR count). The number of benzene rings is 2. The number of hydrogen-bond donors (Lipinski definition) is 2. The number of nitrogens with one attached hydrogen (secondary N) is 2. The number of hydrogen-bond acceptors (Lipinski definition) is 9. The summed E-state index contributed by atoms with van der Waals surface area (Å²) in [7, 11) is -3.60. The first-order valence-electron chi connectivity index (χ1n) is 12.7. The number of thioether (sulfide) groups is 1. The third kappa shape index (κ3) is 6.51. The minimum Gasteiger partial charge on any atom is -0.379 e. The van der Waals surface area contributed by atoms with Crippen LogP contribution in [0.3, 0.4) is 0 Å². The predicted molar refractivity (Wildman–Crippen MR) is 156 cm³/mol. The number of urea groups is 1. The number of sulfonamides is 1. The molecule has 0 atom stereocenters. The monoisotopic (exact) mass is 604 g/mol. The van der Waals surface area contributed by atoms with Gasteiger partial charge in [0, 0.05) is 43.1 Å². The van der Waals surface area contributed by atoms with Gasteiger partial charge in [-0.2, -0.15) is 4.31 Å². The van der Waals surface area contributed by atoms with Crippen LogP contribution in [0, 0.1) is 0 Å². The van der Waals surface area contributed by atoms with Crippen molar-refractivity contribution < 1.29 is 22.7 Å². The lowest BCUT2D eigenvalue weighted by Gasteiger charge is -2.29. The molecule has 40 heavy (non-hydrogen) atoms. The molecular weight excluding hydrogens is 576 g/mol. The van der Waals surface area contributed by atoms with Crippen molar-refractivity contribution in [2.45, 2.75) is 9.79 Å². The van der Waals surface area contributed by atoms with Crippen LogP contribution >= 0.6 is 23.4 Å². The molecule has 2 N–H and O–H groups in total. The highest BCUT2D eigenvalue weighted by molar-refractivity contribution is 7.98. The number of anilines is 3. The van der Waals surface area contributed by atoms with Crippen molar-refractivity contribution in [3.05, 3.63) is 53.7 Å². The average molecular weight is 605 g/mol. The van der Waals surface area contributed by atoms with Gasteiger partial charge < -0.3 is 25.0 Å². The minimum atomic E-state index is -3.60. The lowest BCUT2D eigenvalue weighted by Crippen LogP contribution is -2.40. The summed E-state index contributed by atoms with van der Waals surface area (Å²) in [4.78, 5) is 25.0. The van der Waals surface area contributed by atoms with Gasteiger partial charge in [-0.25, -0.2) is 23.2 Å². The Morgan fingerprint density at radius 1 is 0.875 bits per heavy atom. The highest BCUT2D eigenvalue weighted by Crippen LogP contribution is 2.35. The first kappa shape index (κ1) is 28.6. The zero-order valence-electron chi connectivity index (χ0n) is 21.8. The van der Waals surface area contributed by atoms with E-state index in [-0.39, 0.29) is 4.90 Å². The van der Waals surface area contributed by atoms with E-state index < -0.39 is 16.1 Å². The van der Waals surface area contributed by atoms with E-state index in [1.54, 1.807) is 24.3 Å². The molecule has 2 fully saturated rings. The van der Waals surface area contributed by atoms with E-state index >= 15 is 0 Å². The predicted octanol–water partition coefficient (Wildman–Crippen LogP) is 4.02. The fraction of sp³-hybridized carbons (Fsp3) is 0.346. The van der Waals surface area contributed by atoms with Crippen LogP contribution < -0.4 is 15.5 Å². The van der Waals surface area contributed by atoms with Crippen molar-refractivity contribution in [2.24, 2.45) is 0 Å². The smallest absolute Gasteiger partial charge is 0.323 e. The van der Waals surface area contributed by atoms with Crippen molar-refractivity contribution in [1.82, 2.24) is 14.3 Å². The number of morpholine rings is 2. The van der Waals surface area contributed by atoms with Crippen LogP contribution in [0.25, 0.3) is 11.4 Å². The molecule has 2 aromatic carbocycles. The van der Waals surface area contributed by atoms with E-state index in [0.717, 1.165) is 29.4 Å². The Balaban J connectivity index is 1.23. The molecule has 2 saturated heterocycles. The van der Waals surface area contributed by atoms with Gasteiger partial charge in [-0.1, -0.05) is 11.6 Å². The summed E-state index contributed by atoms with van der Waals surface area (Å²) >= 11 is 8.03. The third-order valence-corrected chi connectivity index (χ3v) is 9.52. The lowest BCUT2D eigenvalue weighted by atomic mass is 10.2. The average Bonchev–Trinajstić information content (AvgIpc) is 2.98. The number of ether oxygens (including phenoxy) is 2. The standard InChI is InChI=1S/C26H29ClN6O5S2/c1-39-22-23(27)30-24(31-25(22)32-10-14-37-15-11-32)18-2-4-19(5-3-18)28-26(34)29-20-6-8-21(9-7-20)40(35,36)33-12-16-38-17-13-33/h2-9H,10-17H2,1H3,(H2,28,29,34). The summed E-state index contributed by atoms with van der Waals surface area (Å²) < 4.78 is 37.7. The normalized spacial score (nSPS) is 16.5.